The van der Waals surface area contributed by atoms with Gasteiger partial charge in [0, 0.05) is 24.7 Å². The van der Waals surface area contributed by atoms with Crippen LogP contribution in [0.3, 0.4) is 0 Å². The summed E-state index contributed by atoms with van der Waals surface area (Å²) < 4.78 is 33.5. The Bertz CT molecular complexity index is 854. The number of likely N-dealkylation sites (tertiary alicyclic amines) is 1. The van der Waals surface area contributed by atoms with Gasteiger partial charge in [0.25, 0.3) is 0 Å². The Labute approximate surface area is 172 Å². The van der Waals surface area contributed by atoms with Gasteiger partial charge in [0.1, 0.15) is 12.4 Å². The molecule has 0 radical (unpaired) electrons. The average Bonchev–Trinajstić information content (AvgIpc) is 2.69. The van der Waals surface area contributed by atoms with Crippen LogP contribution in [0, 0.1) is 12.8 Å². The van der Waals surface area contributed by atoms with Crippen LogP contribution in [0.2, 0.25) is 5.02 Å². The zero-order chi connectivity index (χ0) is 20.0. The Morgan fingerprint density at radius 1 is 1.14 bits per heavy atom. The van der Waals surface area contributed by atoms with Crippen LogP contribution in [0.25, 0.3) is 0 Å². The van der Waals surface area contributed by atoms with Crippen molar-refractivity contribution >= 4 is 21.6 Å². The van der Waals surface area contributed by atoms with Crippen LogP contribution in [0.1, 0.15) is 18.4 Å². The summed E-state index contributed by atoms with van der Waals surface area (Å²) in [5.74, 6) is 1.12. The number of rotatable bonds is 8. The average molecular weight is 423 g/mol. The maximum absolute atomic E-state index is 12.5. The zero-order valence-electron chi connectivity index (χ0n) is 16.1. The van der Waals surface area contributed by atoms with Crippen molar-refractivity contribution in [2.75, 3.05) is 32.8 Å². The molecule has 1 saturated heterocycles. The number of hydrogen-bond donors (Lipinski definition) is 1. The molecule has 0 aromatic heterocycles. The Hall–Kier alpha value is -1.60. The van der Waals surface area contributed by atoms with Crippen LogP contribution in [0.5, 0.6) is 5.75 Å². The first-order valence-electron chi connectivity index (χ1n) is 9.59. The van der Waals surface area contributed by atoms with Gasteiger partial charge in [0.05, 0.1) is 4.90 Å². The van der Waals surface area contributed by atoms with Gasteiger partial charge in [0.2, 0.25) is 10.0 Å². The van der Waals surface area contributed by atoms with Gasteiger partial charge in [-0.1, -0.05) is 29.3 Å². The number of aryl methyl sites for hydroxylation is 1. The lowest BCUT2D eigenvalue weighted by molar-refractivity contribution is 0.148. The number of piperidine rings is 1. The number of hydrogen-bond acceptors (Lipinski definition) is 4. The molecule has 0 amide bonds. The molecular formula is C21H27ClN2O3S. The smallest absolute Gasteiger partial charge is 0.240 e. The van der Waals surface area contributed by atoms with Crippen LogP contribution in [-0.2, 0) is 10.0 Å². The Morgan fingerprint density at radius 2 is 1.86 bits per heavy atom. The van der Waals surface area contributed by atoms with Gasteiger partial charge in [-0.2, -0.15) is 0 Å². The SMILES string of the molecule is Cc1ccc(S(=O)(=O)NCC2CCCN(CCOc3ccc(Cl)cc3)C2)cc1. The second-order valence-electron chi connectivity index (χ2n) is 7.28. The van der Waals surface area contributed by atoms with Crippen LogP contribution >= 0.6 is 11.6 Å². The van der Waals surface area contributed by atoms with Crippen LogP contribution in [0.15, 0.2) is 53.4 Å². The fourth-order valence-electron chi connectivity index (χ4n) is 3.37. The lowest BCUT2D eigenvalue weighted by atomic mass is 9.98. The molecule has 0 saturated carbocycles. The second kappa shape index (κ2) is 9.74. The molecular weight excluding hydrogens is 396 g/mol. The van der Waals surface area contributed by atoms with Crippen LogP contribution in [0.4, 0.5) is 0 Å². The summed E-state index contributed by atoms with van der Waals surface area (Å²) in [5.41, 5.74) is 1.04. The first-order valence-corrected chi connectivity index (χ1v) is 11.5. The summed E-state index contributed by atoms with van der Waals surface area (Å²) in [6, 6.07) is 14.3. The third-order valence-electron chi connectivity index (χ3n) is 4.99. The maximum atomic E-state index is 12.5. The Balaban J connectivity index is 1.44. The molecule has 0 aliphatic carbocycles. The van der Waals surface area contributed by atoms with E-state index in [9.17, 15) is 8.42 Å². The van der Waals surface area contributed by atoms with E-state index in [0.29, 0.717) is 29.0 Å². The molecule has 5 nitrogen and oxygen atoms in total. The molecule has 1 heterocycles. The lowest BCUT2D eigenvalue weighted by Gasteiger charge is -2.32. The first-order chi connectivity index (χ1) is 13.4. The molecule has 1 aliphatic heterocycles. The predicted octanol–water partition coefficient (Wildman–Crippen LogP) is 3.72. The van der Waals surface area contributed by atoms with Crippen LogP contribution in [-0.4, -0.2) is 46.1 Å². The lowest BCUT2D eigenvalue weighted by Crippen LogP contribution is -2.42. The Morgan fingerprint density at radius 3 is 2.57 bits per heavy atom. The number of benzene rings is 2. The van der Waals surface area contributed by atoms with Gasteiger partial charge in [0.15, 0.2) is 0 Å². The Kier molecular flexibility index (Phi) is 7.35. The summed E-state index contributed by atoms with van der Waals surface area (Å²) in [6.07, 6.45) is 2.10. The van der Waals surface area contributed by atoms with E-state index in [-0.39, 0.29) is 0 Å². The third kappa shape index (κ3) is 6.21. The van der Waals surface area contributed by atoms with Crippen molar-refractivity contribution in [3.63, 3.8) is 0 Å². The summed E-state index contributed by atoms with van der Waals surface area (Å²) in [4.78, 5) is 2.66. The molecule has 3 rings (SSSR count). The summed E-state index contributed by atoms with van der Waals surface area (Å²) >= 11 is 5.88. The fourth-order valence-corrected chi connectivity index (χ4v) is 4.61. The fraction of sp³-hybridized carbons (Fsp3) is 0.429. The third-order valence-corrected chi connectivity index (χ3v) is 6.68. The number of nitrogens with zero attached hydrogens (tertiary/aromatic N) is 1. The van der Waals surface area contributed by atoms with Gasteiger partial charge in [-0.25, -0.2) is 13.1 Å². The summed E-state index contributed by atoms with van der Waals surface area (Å²) in [5, 5.41) is 0.694. The molecule has 7 heteroatoms. The minimum Gasteiger partial charge on any atom is -0.492 e. The summed E-state index contributed by atoms with van der Waals surface area (Å²) in [7, 11) is -3.45. The number of ether oxygens (including phenoxy) is 1. The highest BCUT2D eigenvalue weighted by atomic mass is 35.5. The van der Waals surface area contributed by atoms with Crippen molar-refractivity contribution in [3.8, 4) is 5.75 Å². The van der Waals surface area contributed by atoms with E-state index < -0.39 is 10.0 Å². The molecule has 0 bridgehead atoms. The van der Waals surface area contributed by atoms with E-state index in [4.69, 9.17) is 16.3 Å². The molecule has 2 aromatic rings. The predicted molar refractivity (Wildman–Crippen MR) is 112 cm³/mol. The molecule has 1 unspecified atom stereocenters. The minimum atomic E-state index is -3.45. The second-order valence-corrected chi connectivity index (χ2v) is 9.48. The standard InChI is InChI=1S/C21H27ClN2O3S/c1-17-4-10-21(11-5-17)28(25,26)23-15-18-3-2-12-24(16-18)13-14-27-20-8-6-19(22)7-9-20/h4-11,18,23H,2-3,12-16H2,1H3. The van der Waals surface area contributed by atoms with Crippen molar-refractivity contribution in [2.45, 2.75) is 24.7 Å². The molecule has 28 heavy (non-hydrogen) atoms. The van der Waals surface area contributed by atoms with E-state index in [1.807, 2.05) is 43.3 Å². The van der Waals surface area contributed by atoms with Crippen molar-refractivity contribution in [2.24, 2.45) is 5.92 Å². The quantitative estimate of drug-likeness (QED) is 0.704. The van der Waals surface area contributed by atoms with Crippen molar-refractivity contribution in [1.29, 1.82) is 0 Å². The van der Waals surface area contributed by atoms with E-state index in [1.165, 1.54) is 0 Å². The molecule has 1 N–H and O–H groups in total. The van der Waals surface area contributed by atoms with Gasteiger partial charge in [-0.05, 0) is 68.6 Å². The highest BCUT2D eigenvalue weighted by Crippen LogP contribution is 2.18. The number of sulfonamides is 1. The zero-order valence-corrected chi connectivity index (χ0v) is 17.7. The maximum Gasteiger partial charge on any atom is 0.240 e. The van der Waals surface area contributed by atoms with E-state index >= 15 is 0 Å². The molecule has 1 atom stereocenters. The largest absolute Gasteiger partial charge is 0.492 e. The first kappa shape index (κ1) is 21.1. The molecule has 0 spiro atoms. The van der Waals surface area contributed by atoms with E-state index in [1.54, 1.807) is 12.1 Å². The minimum absolute atomic E-state index is 0.310. The van der Waals surface area contributed by atoms with E-state index in [2.05, 4.69) is 9.62 Å². The van der Waals surface area contributed by atoms with Gasteiger partial charge >= 0.3 is 0 Å². The normalized spacial score (nSPS) is 18.1. The van der Waals surface area contributed by atoms with Gasteiger partial charge < -0.3 is 4.74 Å². The molecule has 152 valence electrons. The summed E-state index contributed by atoms with van der Waals surface area (Å²) in [6.45, 7) is 5.72. The topological polar surface area (TPSA) is 58.6 Å². The molecule has 2 aromatic carbocycles. The van der Waals surface area contributed by atoms with Gasteiger partial charge in [-0.15, -0.1) is 0 Å². The number of nitrogens with one attached hydrogen (secondary N) is 1. The highest BCUT2D eigenvalue weighted by molar-refractivity contribution is 7.89. The monoisotopic (exact) mass is 422 g/mol. The van der Waals surface area contributed by atoms with Crippen LogP contribution < -0.4 is 9.46 Å². The van der Waals surface area contributed by atoms with Gasteiger partial charge in [-0.3, -0.25) is 4.90 Å². The van der Waals surface area contributed by atoms with Crippen molar-refractivity contribution in [1.82, 2.24) is 9.62 Å². The van der Waals surface area contributed by atoms with E-state index in [0.717, 1.165) is 43.8 Å². The van der Waals surface area contributed by atoms with Crippen molar-refractivity contribution in [3.05, 3.63) is 59.1 Å². The van der Waals surface area contributed by atoms with Crippen molar-refractivity contribution < 1.29 is 13.2 Å². The number of halogens is 1. The molecule has 1 fully saturated rings. The molecule has 1 aliphatic rings. The highest BCUT2D eigenvalue weighted by Gasteiger charge is 2.22.